The number of fused-ring (bicyclic) bond motifs is 1. The molecule has 2 aromatic heterocycles. The number of benzene rings is 2. The Hall–Kier alpha value is -3.26. The average Bonchev–Trinajstić information content (AvgIpc) is 3.34. The average molecular weight is 437 g/mol. The van der Waals surface area contributed by atoms with Gasteiger partial charge in [0.05, 0.1) is 30.3 Å². The van der Waals surface area contributed by atoms with Gasteiger partial charge in [0.25, 0.3) is 0 Å². The van der Waals surface area contributed by atoms with Crippen LogP contribution < -0.4 is 4.74 Å². The Morgan fingerprint density at radius 3 is 2.77 bits per heavy atom. The third-order valence-electron chi connectivity index (χ3n) is 5.06. The predicted octanol–water partition coefficient (Wildman–Crippen LogP) is 4.49. The van der Waals surface area contributed by atoms with Gasteiger partial charge in [-0.15, -0.1) is 16.4 Å². The lowest BCUT2D eigenvalue weighted by atomic mass is 10.1. The number of hydrogen-bond acceptors (Lipinski definition) is 7. The Balaban J connectivity index is 1.43. The maximum atomic E-state index is 12.5. The molecule has 0 bridgehead atoms. The number of carbonyl (C=O) groups is 1. The Bertz CT molecular complexity index is 1250. The molecular weight excluding hydrogens is 412 g/mol. The molecule has 0 saturated heterocycles. The molecule has 4 aromatic rings. The highest BCUT2D eigenvalue weighted by molar-refractivity contribution is 7.15. The van der Waals surface area contributed by atoms with E-state index in [2.05, 4.69) is 15.3 Å². The zero-order chi connectivity index (χ0) is 22.0. The largest absolute Gasteiger partial charge is 0.496 e. The van der Waals surface area contributed by atoms with Crippen LogP contribution in [0.25, 0.3) is 21.6 Å². The van der Waals surface area contributed by atoms with Gasteiger partial charge in [-0.1, -0.05) is 17.3 Å². The monoisotopic (exact) mass is 436 g/mol. The van der Waals surface area contributed by atoms with E-state index >= 15 is 0 Å². The van der Waals surface area contributed by atoms with E-state index in [0.717, 1.165) is 55.6 Å². The van der Waals surface area contributed by atoms with Gasteiger partial charge in [0, 0.05) is 11.4 Å². The third-order valence-corrected chi connectivity index (χ3v) is 6.25. The van der Waals surface area contributed by atoms with Crippen molar-refractivity contribution in [1.29, 1.82) is 0 Å². The molecule has 160 valence electrons. The molecule has 0 radical (unpaired) electrons. The van der Waals surface area contributed by atoms with Gasteiger partial charge in [0.1, 0.15) is 22.9 Å². The van der Waals surface area contributed by atoms with Crippen LogP contribution in [0.4, 0.5) is 0 Å². The second-order valence-corrected chi connectivity index (χ2v) is 8.38. The first-order chi connectivity index (χ1) is 15.0. The van der Waals surface area contributed by atoms with E-state index in [0.29, 0.717) is 0 Å². The normalized spacial score (nSPS) is 11.1. The van der Waals surface area contributed by atoms with Crippen molar-refractivity contribution < 1.29 is 14.3 Å². The number of methoxy groups -OCH3 is 1. The summed E-state index contributed by atoms with van der Waals surface area (Å²) in [6.07, 6.45) is 0.186. The molecule has 0 unspecified atom stereocenters. The fourth-order valence-corrected chi connectivity index (χ4v) is 4.45. The standard InChI is InChI=1S/C23H24N4O3S/c1-5-27-19-9-7-16(11-18(19)25-26-27)13-30-22(28)12-21-15(3)24-23(31-21)17-8-6-14(2)10-20(17)29-4/h6-11H,5,12-13H2,1-4H3. The van der Waals surface area contributed by atoms with Crippen molar-refractivity contribution in [3.8, 4) is 16.3 Å². The molecule has 31 heavy (non-hydrogen) atoms. The number of hydrogen-bond donors (Lipinski definition) is 0. The number of aryl methyl sites for hydroxylation is 3. The molecular formula is C23H24N4O3S. The Morgan fingerprint density at radius 2 is 2.00 bits per heavy atom. The molecule has 2 heterocycles. The summed E-state index contributed by atoms with van der Waals surface area (Å²) in [6, 6.07) is 11.8. The van der Waals surface area contributed by atoms with Crippen LogP contribution in [-0.2, 0) is 29.1 Å². The minimum Gasteiger partial charge on any atom is -0.496 e. The molecule has 0 saturated carbocycles. The summed E-state index contributed by atoms with van der Waals surface area (Å²) in [6.45, 7) is 6.91. The van der Waals surface area contributed by atoms with Crippen LogP contribution in [-0.4, -0.2) is 33.1 Å². The lowest BCUT2D eigenvalue weighted by molar-refractivity contribution is -0.144. The second-order valence-electron chi connectivity index (χ2n) is 7.30. The first-order valence-electron chi connectivity index (χ1n) is 10.1. The molecule has 0 N–H and O–H groups in total. The molecule has 0 aliphatic heterocycles. The summed E-state index contributed by atoms with van der Waals surface area (Å²) in [5, 5.41) is 9.10. The van der Waals surface area contributed by atoms with Gasteiger partial charge in [-0.25, -0.2) is 9.67 Å². The van der Waals surface area contributed by atoms with Gasteiger partial charge < -0.3 is 9.47 Å². The molecule has 0 amide bonds. The van der Waals surface area contributed by atoms with E-state index in [9.17, 15) is 4.79 Å². The molecule has 0 aliphatic carbocycles. The first-order valence-corrected chi connectivity index (χ1v) is 10.9. The molecule has 2 aromatic carbocycles. The number of aromatic nitrogens is 4. The molecule has 0 atom stereocenters. The fraction of sp³-hybridized carbons (Fsp3) is 0.304. The van der Waals surface area contributed by atoms with Crippen molar-refractivity contribution in [3.63, 3.8) is 0 Å². The van der Waals surface area contributed by atoms with E-state index in [1.807, 2.05) is 61.9 Å². The Kier molecular flexibility index (Phi) is 5.99. The lowest BCUT2D eigenvalue weighted by Crippen LogP contribution is -2.07. The number of carbonyl (C=O) groups excluding carboxylic acids is 1. The molecule has 7 nitrogen and oxygen atoms in total. The van der Waals surface area contributed by atoms with Gasteiger partial charge in [-0.2, -0.15) is 0 Å². The zero-order valence-corrected chi connectivity index (χ0v) is 18.8. The lowest BCUT2D eigenvalue weighted by Gasteiger charge is -2.06. The number of ether oxygens (including phenoxy) is 2. The van der Waals surface area contributed by atoms with Gasteiger partial charge in [0.15, 0.2) is 0 Å². The maximum absolute atomic E-state index is 12.5. The van der Waals surface area contributed by atoms with E-state index in [-0.39, 0.29) is 19.0 Å². The number of esters is 1. The Morgan fingerprint density at radius 1 is 1.16 bits per heavy atom. The smallest absolute Gasteiger partial charge is 0.311 e. The minimum absolute atomic E-state index is 0.186. The van der Waals surface area contributed by atoms with Crippen LogP contribution in [0.2, 0.25) is 0 Å². The van der Waals surface area contributed by atoms with Crippen LogP contribution in [0, 0.1) is 13.8 Å². The van der Waals surface area contributed by atoms with Crippen LogP contribution in [0.1, 0.15) is 28.6 Å². The van der Waals surface area contributed by atoms with Crippen molar-refractivity contribution >= 4 is 28.3 Å². The zero-order valence-electron chi connectivity index (χ0n) is 18.0. The van der Waals surface area contributed by atoms with Crippen molar-refractivity contribution in [2.75, 3.05) is 7.11 Å². The van der Waals surface area contributed by atoms with E-state index in [1.165, 1.54) is 11.3 Å². The quantitative estimate of drug-likeness (QED) is 0.397. The summed E-state index contributed by atoms with van der Waals surface area (Å²) in [7, 11) is 1.65. The van der Waals surface area contributed by atoms with Gasteiger partial charge in [-0.05, 0) is 56.2 Å². The maximum Gasteiger partial charge on any atom is 0.311 e. The third kappa shape index (κ3) is 4.44. The minimum atomic E-state index is -0.286. The second kappa shape index (κ2) is 8.85. The first kappa shape index (κ1) is 21.0. The van der Waals surface area contributed by atoms with Gasteiger partial charge >= 0.3 is 5.97 Å². The topological polar surface area (TPSA) is 79.1 Å². The highest BCUT2D eigenvalue weighted by atomic mass is 32.1. The van der Waals surface area contributed by atoms with Crippen molar-refractivity contribution in [2.24, 2.45) is 0 Å². The molecule has 0 spiro atoms. The summed E-state index contributed by atoms with van der Waals surface area (Å²) in [5.74, 6) is 0.491. The van der Waals surface area contributed by atoms with Gasteiger partial charge in [0.2, 0.25) is 0 Å². The van der Waals surface area contributed by atoms with E-state index in [1.54, 1.807) is 7.11 Å². The summed E-state index contributed by atoms with van der Waals surface area (Å²) >= 11 is 1.49. The highest BCUT2D eigenvalue weighted by Crippen LogP contribution is 2.35. The SMILES string of the molecule is CCn1nnc2cc(COC(=O)Cc3sc(-c4ccc(C)cc4OC)nc3C)ccc21. The molecule has 0 fully saturated rings. The Labute approximate surface area is 184 Å². The van der Waals surface area contributed by atoms with Crippen molar-refractivity contribution in [1.82, 2.24) is 20.0 Å². The number of rotatable bonds is 7. The fourth-order valence-electron chi connectivity index (χ4n) is 3.37. The summed E-state index contributed by atoms with van der Waals surface area (Å²) < 4.78 is 12.8. The van der Waals surface area contributed by atoms with Crippen LogP contribution in [0.3, 0.4) is 0 Å². The van der Waals surface area contributed by atoms with Crippen LogP contribution in [0.15, 0.2) is 36.4 Å². The van der Waals surface area contributed by atoms with Crippen molar-refractivity contribution in [3.05, 3.63) is 58.1 Å². The number of nitrogens with zero attached hydrogens (tertiary/aromatic N) is 4. The van der Waals surface area contributed by atoms with E-state index in [4.69, 9.17) is 9.47 Å². The summed E-state index contributed by atoms with van der Waals surface area (Å²) in [5.41, 5.74) is 5.52. The number of thiazole rings is 1. The van der Waals surface area contributed by atoms with E-state index < -0.39 is 0 Å². The summed E-state index contributed by atoms with van der Waals surface area (Å²) in [4.78, 5) is 18.0. The predicted molar refractivity (Wildman–Crippen MR) is 120 cm³/mol. The highest BCUT2D eigenvalue weighted by Gasteiger charge is 2.17. The molecule has 0 aliphatic rings. The van der Waals surface area contributed by atoms with Crippen molar-refractivity contribution in [2.45, 2.75) is 40.3 Å². The molecule has 4 rings (SSSR count). The van der Waals surface area contributed by atoms with Crippen LogP contribution in [0.5, 0.6) is 5.75 Å². The van der Waals surface area contributed by atoms with Crippen LogP contribution >= 0.6 is 11.3 Å². The molecule has 8 heteroatoms. The van der Waals surface area contributed by atoms with Gasteiger partial charge in [-0.3, -0.25) is 4.79 Å².